The predicted molar refractivity (Wildman–Crippen MR) is 88.9 cm³/mol. The van der Waals surface area contributed by atoms with E-state index in [-0.39, 0.29) is 6.09 Å². The molecule has 21 heavy (non-hydrogen) atoms. The highest BCUT2D eigenvalue weighted by Crippen LogP contribution is 2.26. The lowest BCUT2D eigenvalue weighted by molar-refractivity contribution is 0.0484. The second kappa shape index (κ2) is 7.73. The van der Waals surface area contributed by atoms with E-state index in [2.05, 4.69) is 22.0 Å². The minimum absolute atomic E-state index is 0.265. The molecule has 0 aromatic rings. The number of hydrogen-bond acceptors (Lipinski definition) is 4. The molecule has 0 radical (unpaired) electrons. The van der Waals surface area contributed by atoms with Crippen LogP contribution in [0.5, 0.6) is 0 Å². The Morgan fingerprint density at radius 2 is 1.81 bits per heavy atom. The first kappa shape index (κ1) is 16.9. The number of ether oxygens (including phenoxy) is 1. The Labute approximate surface area is 133 Å². The molecule has 1 aliphatic carbocycles. The van der Waals surface area contributed by atoms with Crippen LogP contribution < -0.4 is 5.32 Å². The van der Waals surface area contributed by atoms with Crippen LogP contribution >= 0.6 is 11.8 Å². The summed E-state index contributed by atoms with van der Waals surface area (Å²) >= 11 is 2.07. The second-order valence-electron chi connectivity index (χ2n) is 7.28. The van der Waals surface area contributed by atoms with Crippen molar-refractivity contribution in [3.63, 3.8) is 0 Å². The van der Waals surface area contributed by atoms with Crippen molar-refractivity contribution < 1.29 is 9.53 Å². The van der Waals surface area contributed by atoms with E-state index in [0.717, 1.165) is 18.8 Å². The van der Waals surface area contributed by atoms with Gasteiger partial charge in [-0.3, -0.25) is 0 Å². The molecular formula is C16H30N2O2S. The van der Waals surface area contributed by atoms with Crippen LogP contribution in [0.25, 0.3) is 0 Å². The van der Waals surface area contributed by atoms with Gasteiger partial charge >= 0.3 is 6.09 Å². The van der Waals surface area contributed by atoms with E-state index in [1.807, 2.05) is 20.8 Å². The molecular weight excluding hydrogens is 284 g/mol. The average Bonchev–Trinajstić information content (AvgIpc) is 2.40. The average molecular weight is 314 g/mol. The molecule has 4 nitrogen and oxygen atoms in total. The molecule has 2 rings (SSSR count). The normalized spacial score (nSPS) is 28.1. The van der Waals surface area contributed by atoms with Crippen molar-refractivity contribution in [3.05, 3.63) is 0 Å². The third kappa shape index (κ3) is 6.47. The van der Waals surface area contributed by atoms with E-state index in [4.69, 9.17) is 4.74 Å². The summed E-state index contributed by atoms with van der Waals surface area (Å²) in [5, 5.41) is 3.02. The van der Waals surface area contributed by atoms with E-state index in [1.54, 1.807) is 0 Å². The lowest BCUT2D eigenvalue weighted by atomic mass is 9.85. The maximum atomic E-state index is 11.8. The van der Waals surface area contributed by atoms with Crippen molar-refractivity contribution in [3.8, 4) is 0 Å². The van der Waals surface area contributed by atoms with Gasteiger partial charge in [-0.05, 0) is 52.4 Å². The number of rotatable bonds is 3. The largest absolute Gasteiger partial charge is 0.444 e. The van der Waals surface area contributed by atoms with Crippen molar-refractivity contribution >= 4 is 17.9 Å². The number of alkyl carbamates (subject to hydrolysis) is 1. The standard InChI is InChI=1S/C16H30N2O2S/c1-16(2,3)20-15(19)17-14-6-4-13(5-7-14)12-18-8-10-21-11-9-18/h13-14H,4-12H2,1-3H3,(H,17,19). The summed E-state index contributed by atoms with van der Waals surface area (Å²) in [7, 11) is 0. The van der Waals surface area contributed by atoms with Gasteiger partial charge in [0.05, 0.1) is 0 Å². The fraction of sp³-hybridized carbons (Fsp3) is 0.938. The van der Waals surface area contributed by atoms with Gasteiger partial charge in [0.25, 0.3) is 0 Å². The van der Waals surface area contributed by atoms with Gasteiger partial charge in [-0.2, -0.15) is 11.8 Å². The van der Waals surface area contributed by atoms with Crippen molar-refractivity contribution in [2.24, 2.45) is 5.92 Å². The Morgan fingerprint density at radius 3 is 2.38 bits per heavy atom. The fourth-order valence-electron chi connectivity index (χ4n) is 3.11. The molecule has 1 aliphatic heterocycles. The van der Waals surface area contributed by atoms with Crippen molar-refractivity contribution in [1.82, 2.24) is 10.2 Å². The first-order valence-electron chi connectivity index (χ1n) is 8.22. The SMILES string of the molecule is CC(C)(C)OC(=O)NC1CCC(CN2CCSCC2)CC1. The fourth-order valence-corrected chi connectivity index (χ4v) is 4.09. The van der Waals surface area contributed by atoms with Crippen molar-refractivity contribution in [1.29, 1.82) is 0 Å². The molecule has 2 fully saturated rings. The Balaban J connectivity index is 1.64. The molecule has 0 aromatic heterocycles. The van der Waals surface area contributed by atoms with Crippen LogP contribution in [-0.2, 0) is 4.74 Å². The summed E-state index contributed by atoms with van der Waals surface area (Å²) in [4.78, 5) is 14.4. The van der Waals surface area contributed by atoms with Crippen LogP contribution in [0.1, 0.15) is 46.5 Å². The molecule has 0 aromatic carbocycles. The number of nitrogens with one attached hydrogen (secondary N) is 1. The second-order valence-corrected chi connectivity index (χ2v) is 8.50. The third-order valence-electron chi connectivity index (χ3n) is 4.19. The highest BCUT2D eigenvalue weighted by atomic mass is 32.2. The smallest absolute Gasteiger partial charge is 0.407 e. The molecule has 0 bridgehead atoms. The number of hydrogen-bond donors (Lipinski definition) is 1. The molecule has 0 spiro atoms. The monoisotopic (exact) mass is 314 g/mol. The molecule has 2 aliphatic rings. The molecule has 1 saturated heterocycles. The molecule has 122 valence electrons. The van der Waals surface area contributed by atoms with E-state index in [0.29, 0.717) is 6.04 Å². The molecule has 1 heterocycles. The zero-order valence-corrected chi connectivity index (χ0v) is 14.5. The van der Waals surface area contributed by atoms with Crippen LogP contribution in [0.4, 0.5) is 4.79 Å². The number of carbonyl (C=O) groups is 1. The first-order valence-corrected chi connectivity index (χ1v) is 9.37. The summed E-state index contributed by atoms with van der Waals surface area (Å²) in [6.45, 7) is 9.46. The maximum absolute atomic E-state index is 11.8. The van der Waals surface area contributed by atoms with Gasteiger partial charge in [-0.1, -0.05) is 0 Å². The van der Waals surface area contributed by atoms with Crippen LogP contribution in [0.3, 0.4) is 0 Å². The third-order valence-corrected chi connectivity index (χ3v) is 5.13. The minimum atomic E-state index is -0.409. The molecule has 1 saturated carbocycles. The van der Waals surface area contributed by atoms with E-state index >= 15 is 0 Å². The van der Waals surface area contributed by atoms with E-state index < -0.39 is 5.60 Å². The Morgan fingerprint density at radius 1 is 1.19 bits per heavy atom. The van der Waals surface area contributed by atoms with Crippen LogP contribution in [0, 0.1) is 5.92 Å². The van der Waals surface area contributed by atoms with Gasteiger partial charge in [-0.15, -0.1) is 0 Å². The van der Waals surface area contributed by atoms with Gasteiger partial charge in [0.15, 0.2) is 0 Å². The quantitative estimate of drug-likeness (QED) is 0.869. The number of nitrogens with zero attached hydrogens (tertiary/aromatic N) is 1. The van der Waals surface area contributed by atoms with Crippen LogP contribution in [0.15, 0.2) is 0 Å². The van der Waals surface area contributed by atoms with E-state index in [9.17, 15) is 4.79 Å². The Kier molecular flexibility index (Phi) is 6.23. The zero-order chi connectivity index (χ0) is 15.3. The first-order chi connectivity index (χ1) is 9.92. The minimum Gasteiger partial charge on any atom is -0.444 e. The molecule has 0 atom stereocenters. The molecule has 1 N–H and O–H groups in total. The zero-order valence-electron chi connectivity index (χ0n) is 13.7. The summed E-state index contributed by atoms with van der Waals surface area (Å²) in [5.74, 6) is 3.38. The summed E-state index contributed by atoms with van der Waals surface area (Å²) < 4.78 is 5.33. The van der Waals surface area contributed by atoms with Gasteiger partial charge in [0, 0.05) is 37.2 Å². The van der Waals surface area contributed by atoms with Crippen LogP contribution in [0.2, 0.25) is 0 Å². The number of amides is 1. The topological polar surface area (TPSA) is 41.6 Å². The lowest BCUT2D eigenvalue weighted by Gasteiger charge is -2.34. The van der Waals surface area contributed by atoms with Crippen molar-refractivity contribution in [2.75, 3.05) is 31.1 Å². The van der Waals surface area contributed by atoms with Gasteiger partial charge in [-0.25, -0.2) is 4.79 Å². The van der Waals surface area contributed by atoms with Crippen LogP contribution in [-0.4, -0.2) is 53.8 Å². The molecule has 5 heteroatoms. The summed E-state index contributed by atoms with van der Waals surface area (Å²) in [6.07, 6.45) is 4.37. The predicted octanol–water partition coefficient (Wildman–Crippen LogP) is 3.12. The highest BCUT2D eigenvalue weighted by Gasteiger charge is 2.26. The van der Waals surface area contributed by atoms with Gasteiger partial charge in [0.2, 0.25) is 0 Å². The Bertz CT molecular complexity index is 330. The van der Waals surface area contributed by atoms with Gasteiger partial charge in [0.1, 0.15) is 5.60 Å². The molecule has 0 unspecified atom stereocenters. The summed E-state index contributed by atoms with van der Waals surface area (Å²) in [5.41, 5.74) is -0.409. The van der Waals surface area contributed by atoms with E-state index in [1.165, 1.54) is 44.0 Å². The van der Waals surface area contributed by atoms with Crippen molar-refractivity contribution in [2.45, 2.75) is 58.1 Å². The number of carbonyl (C=O) groups excluding carboxylic acids is 1. The Hall–Kier alpha value is -0.420. The van der Waals surface area contributed by atoms with Gasteiger partial charge < -0.3 is 15.0 Å². The molecule has 1 amide bonds. The maximum Gasteiger partial charge on any atom is 0.407 e. The highest BCUT2D eigenvalue weighted by molar-refractivity contribution is 7.99. The number of thioether (sulfide) groups is 1. The summed E-state index contributed by atoms with van der Waals surface area (Å²) in [6, 6.07) is 0.299. The lowest BCUT2D eigenvalue weighted by Crippen LogP contribution is -2.43.